The fourth-order valence-electron chi connectivity index (χ4n) is 5.28. The van der Waals surface area contributed by atoms with Crippen molar-refractivity contribution in [2.24, 2.45) is 24.6 Å². The second-order valence-electron chi connectivity index (χ2n) is 8.70. The zero-order valence-electron chi connectivity index (χ0n) is 17.7. The van der Waals surface area contributed by atoms with Crippen LogP contribution in [0.2, 0.25) is 0 Å². The summed E-state index contributed by atoms with van der Waals surface area (Å²) in [5, 5.41) is 1.08. The summed E-state index contributed by atoms with van der Waals surface area (Å²) in [6, 6.07) is 7.95. The van der Waals surface area contributed by atoms with Gasteiger partial charge in [0.25, 0.3) is 5.91 Å². The average Bonchev–Trinajstić information content (AvgIpc) is 3.36. The van der Waals surface area contributed by atoms with Crippen molar-refractivity contribution in [2.45, 2.75) is 32.5 Å². The SMILES string of the molecule is CCn1c(-c2nc3cc(C(=O)N4C[C@H]5CC[C@H]5[C@H]4N)cnc3n2C)cc2cccnc21. The van der Waals surface area contributed by atoms with Crippen LogP contribution in [0.4, 0.5) is 0 Å². The van der Waals surface area contributed by atoms with Crippen LogP contribution in [0.1, 0.15) is 30.1 Å². The van der Waals surface area contributed by atoms with Crippen LogP contribution in [0.3, 0.4) is 0 Å². The Labute approximate surface area is 179 Å². The van der Waals surface area contributed by atoms with Crippen LogP contribution in [0.15, 0.2) is 36.7 Å². The molecule has 2 N–H and O–H groups in total. The molecule has 4 aromatic rings. The monoisotopic (exact) mass is 415 g/mol. The van der Waals surface area contributed by atoms with E-state index in [1.165, 1.54) is 6.42 Å². The maximum absolute atomic E-state index is 13.2. The van der Waals surface area contributed by atoms with Crippen molar-refractivity contribution in [1.82, 2.24) is 29.0 Å². The van der Waals surface area contributed by atoms with Gasteiger partial charge in [-0.15, -0.1) is 0 Å². The van der Waals surface area contributed by atoms with E-state index in [0.29, 0.717) is 22.9 Å². The van der Waals surface area contributed by atoms with Gasteiger partial charge in [-0.3, -0.25) is 4.79 Å². The van der Waals surface area contributed by atoms with Gasteiger partial charge in [-0.25, -0.2) is 15.0 Å². The lowest BCUT2D eigenvalue weighted by molar-refractivity contribution is 0.0723. The predicted molar refractivity (Wildman–Crippen MR) is 118 cm³/mol. The number of aryl methyl sites for hydroxylation is 2. The van der Waals surface area contributed by atoms with Crippen molar-refractivity contribution < 1.29 is 4.79 Å². The first-order valence-electron chi connectivity index (χ1n) is 10.9. The summed E-state index contributed by atoms with van der Waals surface area (Å²) >= 11 is 0. The van der Waals surface area contributed by atoms with E-state index in [9.17, 15) is 4.79 Å². The van der Waals surface area contributed by atoms with Crippen molar-refractivity contribution >= 4 is 28.1 Å². The minimum atomic E-state index is -0.186. The highest BCUT2D eigenvalue weighted by molar-refractivity contribution is 5.97. The molecule has 3 atom stereocenters. The molecule has 5 heterocycles. The highest BCUT2D eigenvalue weighted by Gasteiger charge is 2.47. The molecule has 2 fully saturated rings. The quantitative estimate of drug-likeness (QED) is 0.555. The third kappa shape index (κ3) is 2.57. The molecule has 1 aliphatic carbocycles. The van der Waals surface area contributed by atoms with Gasteiger partial charge in [0.15, 0.2) is 11.5 Å². The Bertz CT molecular complexity index is 1340. The maximum atomic E-state index is 13.2. The normalized spacial score (nSPS) is 22.8. The lowest BCUT2D eigenvalue weighted by Crippen LogP contribution is -2.44. The fraction of sp³-hybridized carbons (Fsp3) is 0.391. The molecule has 0 radical (unpaired) electrons. The molecule has 8 heteroatoms. The van der Waals surface area contributed by atoms with Crippen molar-refractivity contribution in [1.29, 1.82) is 0 Å². The van der Waals surface area contributed by atoms with Crippen LogP contribution in [0.25, 0.3) is 33.7 Å². The number of fused-ring (bicyclic) bond motifs is 3. The maximum Gasteiger partial charge on any atom is 0.256 e. The van der Waals surface area contributed by atoms with Gasteiger partial charge in [0, 0.05) is 37.9 Å². The summed E-state index contributed by atoms with van der Waals surface area (Å²) in [5.41, 5.74) is 10.3. The van der Waals surface area contributed by atoms with Crippen LogP contribution < -0.4 is 5.73 Å². The number of imidazole rings is 1. The Balaban J connectivity index is 1.42. The number of nitrogens with zero attached hydrogens (tertiary/aromatic N) is 6. The summed E-state index contributed by atoms with van der Waals surface area (Å²) in [6.07, 6.45) is 5.57. The van der Waals surface area contributed by atoms with Gasteiger partial charge >= 0.3 is 0 Å². The molecule has 1 saturated carbocycles. The highest BCUT2D eigenvalue weighted by atomic mass is 16.2. The van der Waals surface area contributed by atoms with E-state index in [2.05, 4.69) is 33.6 Å². The summed E-state index contributed by atoms with van der Waals surface area (Å²) in [7, 11) is 1.96. The minimum Gasteiger partial charge on any atom is -0.323 e. The predicted octanol–water partition coefficient (Wildman–Crippen LogP) is 2.77. The molecular weight excluding hydrogens is 390 g/mol. The molecule has 0 unspecified atom stereocenters. The van der Waals surface area contributed by atoms with Crippen molar-refractivity contribution in [3.05, 3.63) is 42.2 Å². The topological polar surface area (TPSA) is 94.9 Å². The molecule has 0 aromatic carbocycles. The largest absolute Gasteiger partial charge is 0.323 e. The summed E-state index contributed by atoms with van der Waals surface area (Å²) in [6.45, 7) is 3.63. The van der Waals surface area contributed by atoms with E-state index in [1.54, 1.807) is 6.20 Å². The van der Waals surface area contributed by atoms with Crippen LogP contribution in [-0.4, -0.2) is 47.6 Å². The Hall–Kier alpha value is -3.26. The molecular formula is C23H25N7O. The van der Waals surface area contributed by atoms with Crippen LogP contribution in [0, 0.1) is 11.8 Å². The van der Waals surface area contributed by atoms with Crippen molar-refractivity contribution in [3.8, 4) is 11.5 Å². The molecule has 31 heavy (non-hydrogen) atoms. The van der Waals surface area contributed by atoms with Crippen molar-refractivity contribution in [3.63, 3.8) is 0 Å². The molecule has 1 aliphatic heterocycles. The molecule has 2 aliphatic rings. The number of amides is 1. The minimum absolute atomic E-state index is 0.0459. The van der Waals surface area contributed by atoms with E-state index in [-0.39, 0.29) is 12.1 Å². The van der Waals surface area contributed by atoms with Gasteiger partial charge in [0.2, 0.25) is 0 Å². The fourth-order valence-corrected chi connectivity index (χ4v) is 5.28. The zero-order chi connectivity index (χ0) is 21.3. The second-order valence-corrected chi connectivity index (χ2v) is 8.70. The molecule has 6 rings (SSSR count). The van der Waals surface area contributed by atoms with E-state index in [0.717, 1.165) is 47.7 Å². The number of rotatable bonds is 3. The molecule has 0 bridgehead atoms. The van der Waals surface area contributed by atoms with E-state index in [4.69, 9.17) is 10.7 Å². The van der Waals surface area contributed by atoms with Gasteiger partial charge < -0.3 is 19.8 Å². The molecule has 1 amide bonds. The lowest BCUT2D eigenvalue weighted by atomic mass is 9.75. The first kappa shape index (κ1) is 18.5. The molecule has 158 valence electrons. The number of hydrogen-bond donors (Lipinski definition) is 1. The molecule has 8 nitrogen and oxygen atoms in total. The van der Waals surface area contributed by atoms with Gasteiger partial charge in [0.1, 0.15) is 11.2 Å². The number of pyridine rings is 2. The number of carbonyl (C=O) groups excluding carboxylic acids is 1. The lowest BCUT2D eigenvalue weighted by Gasteiger charge is -2.31. The van der Waals surface area contributed by atoms with Gasteiger partial charge in [-0.05, 0) is 55.9 Å². The van der Waals surface area contributed by atoms with Gasteiger partial charge in [-0.1, -0.05) is 0 Å². The zero-order valence-corrected chi connectivity index (χ0v) is 17.7. The van der Waals surface area contributed by atoms with E-state index < -0.39 is 0 Å². The molecule has 0 spiro atoms. The summed E-state index contributed by atoms with van der Waals surface area (Å²) < 4.78 is 4.13. The Kier molecular flexibility index (Phi) is 3.95. The Morgan fingerprint density at radius 1 is 1.23 bits per heavy atom. The average molecular weight is 416 g/mol. The van der Waals surface area contributed by atoms with E-state index >= 15 is 0 Å². The summed E-state index contributed by atoms with van der Waals surface area (Å²) in [5.74, 6) is 1.77. The smallest absolute Gasteiger partial charge is 0.256 e. The van der Waals surface area contributed by atoms with Crippen molar-refractivity contribution in [2.75, 3.05) is 6.54 Å². The third-order valence-electron chi connectivity index (χ3n) is 7.12. The summed E-state index contributed by atoms with van der Waals surface area (Å²) in [4.78, 5) is 29.0. The van der Waals surface area contributed by atoms with E-state index in [1.807, 2.05) is 34.8 Å². The Morgan fingerprint density at radius 2 is 2.10 bits per heavy atom. The first-order valence-corrected chi connectivity index (χ1v) is 10.9. The van der Waals surface area contributed by atoms with Crippen LogP contribution >= 0.6 is 0 Å². The number of hydrogen-bond acceptors (Lipinski definition) is 5. The molecule has 1 saturated heterocycles. The molecule has 4 aromatic heterocycles. The van der Waals surface area contributed by atoms with Crippen LogP contribution in [-0.2, 0) is 13.6 Å². The Morgan fingerprint density at radius 3 is 2.81 bits per heavy atom. The number of aromatic nitrogens is 5. The van der Waals surface area contributed by atoms with Crippen LogP contribution in [0.5, 0.6) is 0 Å². The van der Waals surface area contributed by atoms with Gasteiger partial charge in [0.05, 0.1) is 17.4 Å². The third-order valence-corrected chi connectivity index (χ3v) is 7.12. The number of likely N-dealkylation sites (tertiary alicyclic amines) is 1. The number of nitrogens with two attached hydrogens (primary N) is 1. The highest BCUT2D eigenvalue weighted by Crippen LogP contribution is 2.43. The van der Waals surface area contributed by atoms with Gasteiger partial charge in [-0.2, -0.15) is 0 Å². The second kappa shape index (κ2) is 6.62. The first-order chi connectivity index (χ1) is 15.1. The standard InChI is InChI=1S/C23H25N7O/c1-3-29-18(10-13-5-4-8-25-20(13)29)22-27-17-9-15(11-26-21(17)28(22)2)23(31)30-12-14-6-7-16(14)19(30)24/h4-5,8-11,14,16,19H,3,6-7,12,24H2,1-2H3/t14-,16-,19+/m1/s1. The number of carbonyl (C=O) groups is 1.